The Morgan fingerprint density at radius 2 is 1.72 bits per heavy atom. The van der Waals surface area contributed by atoms with Crippen LogP contribution in [0, 0.1) is 0 Å². The number of carbonyl (C=O) groups excluding carboxylic acids is 2. The van der Waals surface area contributed by atoms with Crippen LogP contribution in [-0.4, -0.2) is 24.1 Å². The third-order valence-corrected chi connectivity index (χ3v) is 3.28. The molecule has 0 fully saturated rings. The number of hydrogen-bond donors (Lipinski definition) is 2. The van der Waals surface area contributed by atoms with Crippen LogP contribution in [0.25, 0.3) is 0 Å². The molecule has 0 aromatic heterocycles. The summed E-state index contributed by atoms with van der Waals surface area (Å²) in [7, 11) is 0. The first-order chi connectivity index (χ1) is 12.0. The Morgan fingerprint density at radius 3 is 2.40 bits per heavy atom. The van der Waals surface area contributed by atoms with Gasteiger partial charge in [0.05, 0.1) is 6.42 Å². The topological polar surface area (TPSA) is 79.8 Å². The molecule has 0 saturated carbocycles. The van der Waals surface area contributed by atoms with E-state index in [2.05, 4.69) is 15.8 Å². The van der Waals surface area contributed by atoms with Gasteiger partial charge in [-0.15, -0.1) is 0 Å². The molecule has 2 aromatic carbocycles. The number of ether oxygens (including phenoxy) is 1. The van der Waals surface area contributed by atoms with Gasteiger partial charge in [-0.25, -0.2) is 5.43 Å². The number of para-hydroxylation sites is 1. The van der Waals surface area contributed by atoms with Gasteiger partial charge in [0.1, 0.15) is 5.75 Å². The van der Waals surface area contributed by atoms with Crippen LogP contribution < -0.4 is 15.5 Å². The number of nitrogens with one attached hydrogen (secondary N) is 2. The molecule has 0 aliphatic heterocycles. The number of nitrogens with zero attached hydrogens (tertiary/aromatic N) is 1. The highest BCUT2D eigenvalue weighted by molar-refractivity contribution is 6.30. The smallest absolute Gasteiger partial charge is 0.277 e. The van der Waals surface area contributed by atoms with Crippen LogP contribution >= 0.6 is 11.6 Å². The van der Waals surface area contributed by atoms with E-state index in [-0.39, 0.29) is 18.9 Å². The predicted octanol–water partition coefficient (Wildman–Crippen LogP) is 3.24. The van der Waals surface area contributed by atoms with Crippen molar-refractivity contribution in [3.05, 3.63) is 59.6 Å². The molecule has 130 valence electrons. The van der Waals surface area contributed by atoms with E-state index in [9.17, 15) is 9.59 Å². The summed E-state index contributed by atoms with van der Waals surface area (Å²) in [5.41, 5.74) is 3.54. The highest BCUT2D eigenvalue weighted by atomic mass is 35.5. The predicted molar refractivity (Wildman–Crippen MR) is 97.9 cm³/mol. The van der Waals surface area contributed by atoms with Crippen molar-refractivity contribution in [3.8, 4) is 5.75 Å². The zero-order valence-electron chi connectivity index (χ0n) is 13.7. The summed E-state index contributed by atoms with van der Waals surface area (Å²) in [6, 6.07) is 15.8. The van der Waals surface area contributed by atoms with E-state index in [4.69, 9.17) is 16.3 Å². The number of anilines is 1. The molecule has 0 spiro atoms. The van der Waals surface area contributed by atoms with Crippen molar-refractivity contribution in [2.75, 3.05) is 11.9 Å². The van der Waals surface area contributed by atoms with Gasteiger partial charge in [-0.3, -0.25) is 9.59 Å². The summed E-state index contributed by atoms with van der Waals surface area (Å²) in [4.78, 5) is 23.6. The highest BCUT2D eigenvalue weighted by Crippen LogP contribution is 2.15. The largest absolute Gasteiger partial charge is 0.484 e. The molecule has 0 radical (unpaired) electrons. The Labute approximate surface area is 150 Å². The lowest BCUT2D eigenvalue weighted by Gasteiger charge is -2.06. The lowest BCUT2D eigenvalue weighted by Crippen LogP contribution is -2.26. The molecular weight excluding hydrogens is 342 g/mol. The molecule has 0 saturated heterocycles. The molecule has 0 bridgehead atoms. The first-order valence-corrected chi connectivity index (χ1v) is 7.96. The highest BCUT2D eigenvalue weighted by Gasteiger charge is 2.06. The van der Waals surface area contributed by atoms with E-state index in [1.54, 1.807) is 43.3 Å². The minimum Gasteiger partial charge on any atom is -0.484 e. The van der Waals surface area contributed by atoms with Gasteiger partial charge in [0.25, 0.3) is 5.91 Å². The van der Waals surface area contributed by atoms with Gasteiger partial charge in [-0.2, -0.15) is 5.10 Å². The summed E-state index contributed by atoms with van der Waals surface area (Å²) < 4.78 is 5.30. The van der Waals surface area contributed by atoms with Crippen LogP contribution in [0.2, 0.25) is 5.02 Å². The SMILES string of the molecule is C/C(CC(=O)Nc1ccccc1)=N/NC(=O)COc1ccc(Cl)cc1. The number of amides is 2. The van der Waals surface area contributed by atoms with Crippen LogP contribution in [0.15, 0.2) is 59.7 Å². The third-order valence-electron chi connectivity index (χ3n) is 3.03. The quantitative estimate of drug-likeness (QED) is 0.588. The van der Waals surface area contributed by atoms with Crippen molar-refractivity contribution >= 4 is 34.8 Å². The zero-order valence-corrected chi connectivity index (χ0v) is 14.4. The molecule has 25 heavy (non-hydrogen) atoms. The minimum absolute atomic E-state index is 0.0766. The van der Waals surface area contributed by atoms with E-state index in [0.29, 0.717) is 22.2 Å². The van der Waals surface area contributed by atoms with E-state index in [1.807, 2.05) is 18.2 Å². The first-order valence-electron chi connectivity index (χ1n) is 7.58. The number of carbonyl (C=O) groups is 2. The molecule has 2 N–H and O–H groups in total. The maximum Gasteiger partial charge on any atom is 0.277 e. The lowest BCUT2D eigenvalue weighted by atomic mass is 10.2. The van der Waals surface area contributed by atoms with Crippen LogP contribution in [0.1, 0.15) is 13.3 Å². The Morgan fingerprint density at radius 1 is 1.04 bits per heavy atom. The standard InChI is InChI=1S/C18H18ClN3O3/c1-13(11-17(23)20-15-5-3-2-4-6-15)21-22-18(24)12-25-16-9-7-14(19)8-10-16/h2-10H,11-12H2,1H3,(H,20,23)(H,22,24)/b21-13-. The fourth-order valence-corrected chi connectivity index (χ4v) is 1.99. The molecule has 0 unspecified atom stereocenters. The van der Waals surface area contributed by atoms with Gasteiger partial charge in [0.2, 0.25) is 5.91 Å². The van der Waals surface area contributed by atoms with Gasteiger partial charge in [-0.1, -0.05) is 29.8 Å². The zero-order chi connectivity index (χ0) is 18.1. The van der Waals surface area contributed by atoms with Crippen LogP contribution in [0.4, 0.5) is 5.69 Å². The van der Waals surface area contributed by atoms with E-state index in [1.165, 1.54) is 0 Å². The Balaban J connectivity index is 1.73. The number of rotatable bonds is 7. The van der Waals surface area contributed by atoms with Crippen molar-refractivity contribution in [2.45, 2.75) is 13.3 Å². The van der Waals surface area contributed by atoms with Crippen molar-refractivity contribution < 1.29 is 14.3 Å². The second-order valence-corrected chi connectivity index (χ2v) is 5.65. The van der Waals surface area contributed by atoms with Crippen molar-refractivity contribution in [3.63, 3.8) is 0 Å². The fraction of sp³-hybridized carbons (Fsp3) is 0.167. The summed E-state index contributed by atoms with van der Waals surface area (Å²) >= 11 is 5.77. The van der Waals surface area contributed by atoms with Crippen molar-refractivity contribution in [1.29, 1.82) is 0 Å². The first kappa shape index (κ1) is 18.5. The molecule has 6 nitrogen and oxygen atoms in total. The Bertz CT molecular complexity index is 746. The average Bonchev–Trinajstić information content (AvgIpc) is 2.60. The van der Waals surface area contributed by atoms with E-state index in [0.717, 1.165) is 0 Å². The van der Waals surface area contributed by atoms with E-state index < -0.39 is 5.91 Å². The molecule has 2 aromatic rings. The summed E-state index contributed by atoms with van der Waals surface area (Å²) in [5.74, 6) is -0.0978. The molecular formula is C18H18ClN3O3. The monoisotopic (exact) mass is 359 g/mol. The van der Waals surface area contributed by atoms with Gasteiger partial charge in [-0.05, 0) is 43.3 Å². The maximum absolute atomic E-state index is 11.9. The number of benzene rings is 2. The number of hydrazone groups is 1. The third kappa shape index (κ3) is 7.05. The Kier molecular flexibility index (Phi) is 6.98. The second kappa shape index (κ2) is 9.44. The molecule has 2 amide bonds. The normalized spacial score (nSPS) is 10.9. The fourth-order valence-electron chi connectivity index (χ4n) is 1.87. The molecule has 0 atom stereocenters. The lowest BCUT2D eigenvalue weighted by molar-refractivity contribution is -0.123. The van der Waals surface area contributed by atoms with Crippen LogP contribution in [0.3, 0.4) is 0 Å². The van der Waals surface area contributed by atoms with Gasteiger partial charge < -0.3 is 10.1 Å². The average molecular weight is 360 g/mol. The minimum atomic E-state index is -0.419. The summed E-state index contributed by atoms with van der Waals surface area (Å²) in [5, 5.41) is 7.22. The molecule has 0 aliphatic carbocycles. The van der Waals surface area contributed by atoms with E-state index >= 15 is 0 Å². The molecule has 2 rings (SSSR count). The van der Waals surface area contributed by atoms with Crippen LogP contribution in [-0.2, 0) is 9.59 Å². The Hall–Kier alpha value is -2.86. The molecule has 7 heteroatoms. The molecule has 0 aliphatic rings. The summed E-state index contributed by atoms with van der Waals surface area (Å²) in [6.07, 6.45) is 0.0766. The molecule has 0 heterocycles. The number of halogens is 1. The van der Waals surface area contributed by atoms with Gasteiger partial charge in [0, 0.05) is 16.4 Å². The number of hydrogen-bond acceptors (Lipinski definition) is 4. The van der Waals surface area contributed by atoms with Gasteiger partial charge in [0.15, 0.2) is 6.61 Å². The van der Waals surface area contributed by atoms with Gasteiger partial charge >= 0.3 is 0 Å². The summed E-state index contributed by atoms with van der Waals surface area (Å²) in [6.45, 7) is 1.47. The maximum atomic E-state index is 11.9. The van der Waals surface area contributed by atoms with Crippen molar-refractivity contribution in [1.82, 2.24) is 5.43 Å². The van der Waals surface area contributed by atoms with Crippen molar-refractivity contribution in [2.24, 2.45) is 5.10 Å². The van der Waals surface area contributed by atoms with Crippen LogP contribution in [0.5, 0.6) is 5.75 Å². The second-order valence-electron chi connectivity index (χ2n) is 5.22.